The third-order valence-electron chi connectivity index (χ3n) is 3.84. The van der Waals surface area contributed by atoms with E-state index in [1.807, 2.05) is 19.9 Å². The molecule has 20 heavy (non-hydrogen) atoms. The van der Waals surface area contributed by atoms with Crippen molar-refractivity contribution >= 4 is 5.82 Å². The molecule has 1 atom stereocenters. The zero-order valence-electron chi connectivity index (χ0n) is 12.7. The molecule has 0 spiro atoms. The molecular formula is C16H24N4. The van der Waals surface area contributed by atoms with Gasteiger partial charge in [0.1, 0.15) is 11.9 Å². The molecule has 0 radical (unpaired) electrons. The van der Waals surface area contributed by atoms with Gasteiger partial charge in [0.05, 0.1) is 5.56 Å². The standard InChI is InChI=1S/C16H24N4/c1-12(11-20-6-4-5-7-20)10-18-16-15(9-17)13(2)8-14(3)19-16/h8,12H,4-7,10-11H2,1-3H3,(H,18,19). The van der Waals surface area contributed by atoms with Crippen molar-refractivity contribution in [3.8, 4) is 6.07 Å². The molecule has 1 aromatic rings. The van der Waals surface area contributed by atoms with Crippen LogP contribution >= 0.6 is 0 Å². The van der Waals surface area contributed by atoms with Crippen molar-refractivity contribution in [3.05, 3.63) is 22.9 Å². The molecular weight excluding hydrogens is 248 g/mol. The van der Waals surface area contributed by atoms with E-state index < -0.39 is 0 Å². The summed E-state index contributed by atoms with van der Waals surface area (Å²) in [4.78, 5) is 6.98. The van der Waals surface area contributed by atoms with Gasteiger partial charge in [-0.2, -0.15) is 5.26 Å². The molecule has 0 aromatic carbocycles. The van der Waals surface area contributed by atoms with Gasteiger partial charge in [-0.1, -0.05) is 6.92 Å². The molecule has 1 fully saturated rings. The Balaban J connectivity index is 1.94. The number of aromatic nitrogens is 1. The largest absolute Gasteiger partial charge is 0.369 e. The normalized spacial score (nSPS) is 16.9. The van der Waals surface area contributed by atoms with E-state index in [-0.39, 0.29) is 0 Å². The van der Waals surface area contributed by atoms with E-state index in [1.54, 1.807) is 0 Å². The second-order valence-electron chi connectivity index (χ2n) is 5.91. The van der Waals surface area contributed by atoms with Gasteiger partial charge in [0, 0.05) is 18.8 Å². The van der Waals surface area contributed by atoms with E-state index in [1.165, 1.54) is 25.9 Å². The first-order valence-electron chi connectivity index (χ1n) is 7.44. The van der Waals surface area contributed by atoms with Crippen molar-refractivity contribution < 1.29 is 0 Å². The summed E-state index contributed by atoms with van der Waals surface area (Å²) in [5.74, 6) is 1.29. The number of hydrogen-bond acceptors (Lipinski definition) is 4. The van der Waals surface area contributed by atoms with Gasteiger partial charge in [-0.15, -0.1) is 0 Å². The number of rotatable bonds is 5. The minimum atomic E-state index is 0.558. The second-order valence-corrected chi connectivity index (χ2v) is 5.91. The van der Waals surface area contributed by atoms with Crippen LogP contribution < -0.4 is 5.32 Å². The smallest absolute Gasteiger partial charge is 0.144 e. The van der Waals surface area contributed by atoms with Crippen LogP contribution in [0.1, 0.15) is 36.6 Å². The zero-order valence-corrected chi connectivity index (χ0v) is 12.7. The quantitative estimate of drug-likeness (QED) is 0.895. The Morgan fingerprint density at radius 3 is 2.75 bits per heavy atom. The molecule has 1 aliphatic heterocycles. The summed E-state index contributed by atoms with van der Waals surface area (Å²) >= 11 is 0. The number of anilines is 1. The van der Waals surface area contributed by atoms with Crippen molar-refractivity contribution in [2.24, 2.45) is 5.92 Å². The molecule has 1 aromatic heterocycles. The maximum absolute atomic E-state index is 9.25. The van der Waals surface area contributed by atoms with Crippen LogP contribution in [-0.4, -0.2) is 36.1 Å². The van der Waals surface area contributed by atoms with Crippen LogP contribution in [0.25, 0.3) is 0 Å². The average Bonchev–Trinajstić information content (AvgIpc) is 2.88. The van der Waals surface area contributed by atoms with Crippen molar-refractivity contribution in [2.75, 3.05) is 31.5 Å². The lowest BCUT2D eigenvalue weighted by molar-refractivity contribution is 0.294. The van der Waals surface area contributed by atoms with Crippen LogP contribution in [0.5, 0.6) is 0 Å². The van der Waals surface area contributed by atoms with Gasteiger partial charge < -0.3 is 10.2 Å². The van der Waals surface area contributed by atoms with Crippen LogP contribution in [0.2, 0.25) is 0 Å². The maximum Gasteiger partial charge on any atom is 0.144 e. The third kappa shape index (κ3) is 3.71. The lowest BCUT2D eigenvalue weighted by Gasteiger charge is -2.21. The van der Waals surface area contributed by atoms with Gasteiger partial charge in [0.25, 0.3) is 0 Å². The van der Waals surface area contributed by atoms with Gasteiger partial charge in [-0.3, -0.25) is 0 Å². The predicted molar refractivity (Wildman–Crippen MR) is 81.8 cm³/mol. The topological polar surface area (TPSA) is 52.0 Å². The Labute approximate surface area is 121 Å². The summed E-state index contributed by atoms with van der Waals surface area (Å²) in [6.07, 6.45) is 2.66. The van der Waals surface area contributed by atoms with Crippen LogP contribution in [0.3, 0.4) is 0 Å². The number of aryl methyl sites for hydroxylation is 2. The molecule has 0 saturated carbocycles. The van der Waals surface area contributed by atoms with E-state index in [0.29, 0.717) is 11.5 Å². The fourth-order valence-corrected chi connectivity index (χ4v) is 2.85. The summed E-state index contributed by atoms with van der Waals surface area (Å²) in [5, 5.41) is 12.6. The molecule has 2 rings (SSSR count). The Morgan fingerprint density at radius 2 is 2.10 bits per heavy atom. The van der Waals surface area contributed by atoms with Crippen LogP contribution in [-0.2, 0) is 0 Å². The highest BCUT2D eigenvalue weighted by Gasteiger charge is 2.15. The predicted octanol–water partition coefficient (Wildman–Crippen LogP) is 2.71. The fourth-order valence-electron chi connectivity index (χ4n) is 2.85. The van der Waals surface area contributed by atoms with Gasteiger partial charge in [-0.25, -0.2) is 4.98 Å². The monoisotopic (exact) mass is 272 g/mol. The number of nitriles is 1. The minimum Gasteiger partial charge on any atom is -0.369 e. The summed E-state index contributed by atoms with van der Waals surface area (Å²) < 4.78 is 0. The summed E-state index contributed by atoms with van der Waals surface area (Å²) in [7, 11) is 0. The molecule has 1 unspecified atom stereocenters. The molecule has 108 valence electrons. The highest BCUT2D eigenvalue weighted by atomic mass is 15.1. The summed E-state index contributed by atoms with van der Waals surface area (Å²) in [6.45, 7) is 10.6. The number of likely N-dealkylation sites (tertiary alicyclic amines) is 1. The minimum absolute atomic E-state index is 0.558. The Morgan fingerprint density at radius 1 is 1.40 bits per heavy atom. The first kappa shape index (κ1) is 14.8. The zero-order chi connectivity index (χ0) is 14.5. The number of nitrogens with zero attached hydrogens (tertiary/aromatic N) is 3. The van der Waals surface area contributed by atoms with Gasteiger partial charge in [0.2, 0.25) is 0 Å². The average molecular weight is 272 g/mol. The lowest BCUT2D eigenvalue weighted by atomic mass is 10.1. The number of nitrogens with one attached hydrogen (secondary N) is 1. The van der Waals surface area contributed by atoms with Crippen LogP contribution in [0, 0.1) is 31.1 Å². The van der Waals surface area contributed by atoms with Crippen LogP contribution in [0.15, 0.2) is 6.07 Å². The summed E-state index contributed by atoms with van der Waals surface area (Å²) in [5.41, 5.74) is 2.62. The molecule has 4 nitrogen and oxygen atoms in total. The number of pyridine rings is 1. The molecule has 1 N–H and O–H groups in total. The van der Waals surface area contributed by atoms with Gasteiger partial charge in [-0.05, 0) is 57.3 Å². The molecule has 4 heteroatoms. The molecule has 0 bridgehead atoms. The van der Waals surface area contributed by atoms with Crippen LogP contribution in [0.4, 0.5) is 5.82 Å². The summed E-state index contributed by atoms with van der Waals surface area (Å²) in [6, 6.07) is 4.21. The Kier molecular flexibility index (Phi) is 4.97. The molecule has 0 aliphatic carbocycles. The molecule has 1 aliphatic rings. The lowest BCUT2D eigenvalue weighted by Crippen LogP contribution is -2.29. The van der Waals surface area contributed by atoms with Gasteiger partial charge >= 0.3 is 0 Å². The Hall–Kier alpha value is -1.60. The van der Waals surface area contributed by atoms with Gasteiger partial charge in [0.15, 0.2) is 0 Å². The van der Waals surface area contributed by atoms with Crippen molar-refractivity contribution in [3.63, 3.8) is 0 Å². The van der Waals surface area contributed by atoms with E-state index in [4.69, 9.17) is 0 Å². The molecule has 1 saturated heterocycles. The van der Waals surface area contributed by atoms with Crippen molar-refractivity contribution in [1.29, 1.82) is 5.26 Å². The van der Waals surface area contributed by atoms with Crippen molar-refractivity contribution in [2.45, 2.75) is 33.6 Å². The Bertz CT molecular complexity index is 498. The highest BCUT2D eigenvalue weighted by Crippen LogP contribution is 2.18. The molecule has 2 heterocycles. The fraction of sp³-hybridized carbons (Fsp3) is 0.625. The second kappa shape index (κ2) is 6.71. The van der Waals surface area contributed by atoms with E-state index >= 15 is 0 Å². The molecule has 0 amide bonds. The first-order chi connectivity index (χ1) is 9.60. The highest BCUT2D eigenvalue weighted by molar-refractivity contribution is 5.56. The van der Waals surface area contributed by atoms with E-state index in [2.05, 4.69) is 28.2 Å². The SMILES string of the molecule is Cc1cc(C)c(C#N)c(NCC(C)CN2CCCC2)n1. The first-order valence-corrected chi connectivity index (χ1v) is 7.44. The maximum atomic E-state index is 9.25. The van der Waals surface area contributed by atoms with E-state index in [9.17, 15) is 5.26 Å². The third-order valence-corrected chi connectivity index (χ3v) is 3.84. The number of hydrogen-bond donors (Lipinski definition) is 1. The van der Waals surface area contributed by atoms with E-state index in [0.717, 1.165) is 30.2 Å². The van der Waals surface area contributed by atoms with Crippen molar-refractivity contribution in [1.82, 2.24) is 9.88 Å².